The number of aliphatic hydroxyl groups is 1. The molecule has 0 aromatic carbocycles. The lowest BCUT2D eigenvalue weighted by Crippen LogP contribution is -2.24. The number of aromatic nitrogens is 3. The predicted molar refractivity (Wildman–Crippen MR) is 39.1 cm³/mol. The normalized spacial score (nSPS) is 12.0. The van der Waals surface area contributed by atoms with Crippen LogP contribution >= 0.6 is 0 Å². The van der Waals surface area contributed by atoms with Crippen LogP contribution in [0.1, 0.15) is 19.7 Å². The second-order valence-electron chi connectivity index (χ2n) is 2.97. The van der Waals surface area contributed by atoms with Crippen molar-refractivity contribution in [2.75, 3.05) is 0 Å². The summed E-state index contributed by atoms with van der Waals surface area (Å²) in [6.45, 7) is 3.14. The van der Waals surface area contributed by atoms with E-state index in [1.165, 1.54) is 4.57 Å². The van der Waals surface area contributed by atoms with Gasteiger partial charge in [0.1, 0.15) is 5.60 Å². The van der Waals surface area contributed by atoms with E-state index < -0.39 is 5.60 Å². The van der Waals surface area contributed by atoms with Gasteiger partial charge < -0.3 is 5.11 Å². The summed E-state index contributed by atoms with van der Waals surface area (Å²) in [6, 6.07) is 0. The molecule has 0 aliphatic carbocycles. The molecule has 0 spiro atoms. The predicted octanol–water partition coefficient (Wildman–Crippen LogP) is -0.664. The van der Waals surface area contributed by atoms with Crippen molar-refractivity contribution in [3.05, 3.63) is 16.3 Å². The standard InChI is InChI=1S/C6H11N3O2/c1-6(2,11)4-7-8-5(10)9(4)3/h11H,1-3H3,(H,8,10). The molecule has 0 atom stereocenters. The van der Waals surface area contributed by atoms with E-state index in [9.17, 15) is 9.90 Å². The average molecular weight is 157 g/mol. The van der Waals surface area contributed by atoms with Crippen molar-refractivity contribution in [1.29, 1.82) is 0 Å². The largest absolute Gasteiger partial charge is 0.382 e. The second kappa shape index (κ2) is 2.20. The van der Waals surface area contributed by atoms with E-state index in [-0.39, 0.29) is 5.69 Å². The summed E-state index contributed by atoms with van der Waals surface area (Å²) < 4.78 is 1.28. The fourth-order valence-corrected chi connectivity index (χ4v) is 0.894. The van der Waals surface area contributed by atoms with Gasteiger partial charge in [-0.05, 0) is 13.8 Å². The highest BCUT2D eigenvalue weighted by Crippen LogP contribution is 2.13. The van der Waals surface area contributed by atoms with Gasteiger partial charge >= 0.3 is 5.69 Å². The van der Waals surface area contributed by atoms with Crippen LogP contribution in [0, 0.1) is 0 Å². The van der Waals surface area contributed by atoms with E-state index in [4.69, 9.17) is 0 Å². The van der Waals surface area contributed by atoms with Crippen LogP contribution in [0.5, 0.6) is 0 Å². The summed E-state index contributed by atoms with van der Waals surface area (Å²) in [4.78, 5) is 10.8. The number of rotatable bonds is 1. The number of aromatic amines is 1. The van der Waals surface area contributed by atoms with Crippen molar-refractivity contribution in [3.63, 3.8) is 0 Å². The fraction of sp³-hybridized carbons (Fsp3) is 0.667. The second-order valence-corrected chi connectivity index (χ2v) is 2.97. The Kier molecular flexibility index (Phi) is 1.60. The molecule has 1 aromatic heterocycles. The van der Waals surface area contributed by atoms with Crippen LogP contribution in [-0.2, 0) is 12.6 Å². The van der Waals surface area contributed by atoms with Gasteiger partial charge in [-0.3, -0.25) is 4.57 Å². The minimum Gasteiger partial charge on any atom is -0.382 e. The number of hydrogen-bond donors (Lipinski definition) is 2. The zero-order valence-corrected chi connectivity index (χ0v) is 6.75. The van der Waals surface area contributed by atoms with Crippen LogP contribution in [0.15, 0.2) is 4.79 Å². The Labute approximate surface area is 63.7 Å². The Bertz CT molecular complexity index is 304. The molecule has 2 N–H and O–H groups in total. The van der Waals surface area contributed by atoms with E-state index in [2.05, 4.69) is 10.2 Å². The molecule has 1 aromatic rings. The zero-order valence-electron chi connectivity index (χ0n) is 6.75. The third-order valence-electron chi connectivity index (χ3n) is 1.43. The van der Waals surface area contributed by atoms with Crippen molar-refractivity contribution in [3.8, 4) is 0 Å². The Morgan fingerprint density at radius 2 is 2.18 bits per heavy atom. The van der Waals surface area contributed by atoms with Crippen molar-refractivity contribution in [2.45, 2.75) is 19.4 Å². The van der Waals surface area contributed by atoms with Crippen LogP contribution in [0.3, 0.4) is 0 Å². The van der Waals surface area contributed by atoms with E-state index in [0.29, 0.717) is 5.82 Å². The molecule has 5 heteroatoms. The number of nitrogens with one attached hydrogen (secondary N) is 1. The molecule has 1 rings (SSSR count). The number of nitrogens with zero attached hydrogens (tertiary/aromatic N) is 2. The van der Waals surface area contributed by atoms with Crippen molar-refractivity contribution >= 4 is 0 Å². The van der Waals surface area contributed by atoms with Crippen LogP contribution in [-0.4, -0.2) is 19.9 Å². The highest BCUT2D eigenvalue weighted by atomic mass is 16.3. The van der Waals surface area contributed by atoms with Crippen molar-refractivity contribution in [2.24, 2.45) is 7.05 Å². The number of hydrogen-bond acceptors (Lipinski definition) is 3. The first kappa shape index (κ1) is 8.00. The number of H-pyrrole nitrogens is 1. The first-order valence-corrected chi connectivity index (χ1v) is 3.27. The van der Waals surface area contributed by atoms with Gasteiger partial charge in [0.05, 0.1) is 0 Å². The topological polar surface area (TPSA) is 70.9 Å². The third kappa shape index (κ3) is 1.32. The summed E-state index contributed by atoms with van der Waals surface area (Å²) in [5.41, 5.74) is -1.39. The van der Waals surface area contributed by atoms with Gasteiger partial charge in [-0.2, -0.15) is 5.10 Å². The van der Waals surface area contributed by atoms with E-state index in [1.54, 1.807) is 20.9 Å². The highest BCUT2D eigenvalue weighted by molar-refractivity contribution is 4.96. The van der Waals surface area contributed by atoms with Crippen LogP contribution in [0.4, 0.5) is 0 Å². The SMILES string of the molecule is Cn1c(C(C)(C)O)n[nH]c1=O. The Morgan fingerprint density at radius 1 is 1.64 bits per heavy atom. The molecule has 1 heterocycles. The zero-order chi connectivity index (χ0) is 8.65. The molecule has 0 saturated heterocycles. The van der Waals surface area contributed by atoms with Gasteiger partial charge in [-0.15, -0.1) is 0 Å². The maximum atomic E-state index is 10.8. The van der Waals surface area contributed by atoms with Gasteiger partial charge in [-0.1, -0.05) is 0 Å². The van der Waals surface area contributed by atoms with Gasteiger partial charge in [0, 0.05) is 7.05 Å². The smallest absolute Gasteiger partial charge is 0.343 e. The molecular weight excluding hydrogens is 146 g/mol. The van der Waals surface area contributed by atoms with Gasteiger partial charge in [0.2, 0.25) is 0 Å². The van der Waals surface area contributed by atoms with Gasteiger partial charge in [0.25, 0.3) is 0 Å². The molecule has 0 bridgehead atoms. The monoisotopic (exact) mass is 157 g/mol. The first-order chi connectivity index (χ1) is 4.93. The molecule has 0 radical (unpaired) electrons. The molecular formula is C6H11N3O2. The maximum Gasteiger partial charge on any atom is 0.343 e. The third-order valence-corrected chi connectivity index (χ3v) is 1.43. The molecule has 0 saturated carbocycles. The van der Waals surface area contributed by atoms with Gasteiger partial charge in [0.15, 0.2) is 5.82 Å². The molecule has 11 heavy (non-hydrogen) atoms. The van der Waals surface area contributed by atoms with E-state index in [0.717, 1.165) is 0 Å². The molecule has 0 aliphatic rings. The summed E-state index contributed by atoms with van der Waals surface area (Å²) >= 11 is 0. The molecule has 0 aliphatic heterocycles. The summed E-state index contributed by atoms with van der Waals surface area (Å²) in [5.74, 6) is 0.336. The first-order valence-electron chi connectivity index (χ1n) is 3.27. The van der Waals surface area contributed by atoms with Crippen LogP contribution < -0.4 is 5.69 Å². The highest BCUT2D eigenvalue weighted by Gasteiger charge is 2.22. The Hall–Kier alpha value is -1.10. The molecule has 0 amide bonds. The van der Waals surface area contributed by atoms with Crippen molar-refractivity contribution < 1.29 is 5.11 Å². The molecule has 0 unspecified atom stereocenters. The summed E-state index contributed by atoms with van der Waals surface area (Å²) in [5, 5.41) is 15.3. The van der Waals surface area contributed by atoms with Gasteiger partial charge in [-0.25, -0.2) is 9.89 Å². The lowest BCUT2D eigenvalue weighted by Gasteiger charge is -2.14. The molecule has 0 fully saturated rings. The molecule has 5 nitrogen and oxygen atoms in total. The van der Waals surface area contributed by atoms with Crippen molar-refractivity contribution in [1.82, 2.24) is 14.8 Å². The summed E-state index contributed by atoms with van der Waals surface area (Å²) in [6.07, 6.45) is 0. The van der Waals surface area contributed by atoms with E-state index >= 15 is 0 Å². The fourth-order valence-electron chi connectivity index (χ4n) is 0.894. The minimum absolute atomic E-state index is 0.317. The Morgan fingerprint density at radius 3 is 2.36 bits per heavy atom. The maximum absolute atomic E-state index is 10.8. The lowest BCUT2D eigenvalue weighted by atomic mass is 10.1. The molecule has 62 valence electrons. The average Bonchev–Trinajstić information content (AvgIpc) is 2.11. The van der Waals surface area contributed by atoms with Crippen LogP contribution in [0.25, 0.3) is 0 Å². The Balaban J connectivity index is 3.26. The minimum atomic E-state index is -1.08. The van der Waals surface area contributed by atoms with E-state index in [1.807, 2.05) is 0 Å². The van der Waals surface area contributed by atoms with Crippen LogP contribution in [0.2, 0.25) is 0 Å². The summed E-state index contributed by atoms with van der Waals surface area (Å²) in [7, 11) is 1.55. The lowest BCUT2D eigenvalue weighted by molar-refractivity contribution is 0.0652. The quantitative estimate of drug-likeness (QED) is 0.568.